The van der Waals surface area contributed by atoms with E-state index in [1.54, 1.807) is 12.3 Å². The maximum atomic E-state index is 12.9. The van der Waals surface area contributed by atoms with Crippen LogP contribution in [0.4, 0.5) is 4.39 Å². The van der Waals surface area contributed by atoms with Gasteiger partial charge >= 0.3 is 0 Å². The molecule has 1 atom stereocenters. The van der Waals surface area contributed by atoms with Gasteiger partial charge in [-0.25, -0.2) is 4.39 Å². The van der Waals surface area contributed by atoms with Crippen molar-refractivity contribution in [3.63, 3.8) is 0 Å². The zero-order valence-electron chi connectivity index (χ0n) is 9.37. The topological polar surface area (TPSA) is 40.7 Å². The summed E-state index contributed by atoms with van der Waals surface area (Å²) in [6.07, 6.45) is 3.61. The van der Waals surface area contributed by atoms with Crippen LogP contribution in [-0.4, -0.2) is 10.2 Å². The molecule has 2 rings (SSSR count). The van der Waals surface area contributed by atoms with E-state index >= 15 is 0 Å². The van der Waals surface area contributed by atoms with E-state index in [1.165, 1.54) is 12.1 Å². The third kappa shape index (κ3) is 3.05. The molecule has 1 aromatic heterocycles. The Morgan fingerprint density at radius 2 is 2.35 bits per heavy atom. The average Bonchev–Trinajstić information content (AvgIpc) is 2.81. The van der Waals surface area contributed by atoms with Gasteiger partial charge in [-0.1, -0.05) is 17.7 Å². The standard InChI is InChI=1S/C12H13ClFN3/c1-8(10-6-16-17-7-10)15-5-9-2-3-11(14)4-12(9)13/h2-4,6-8,15H,5H2,1H3,(H,16,17). The number of nitrogens with zero attached hydrogens (tertiary/aromatic N) is 1. The maximum Gasteiger partial charge on any atom is 0.124 e. The van der Waals surface area contributed by atoms with E-state index < -0.39 is 0 Å². The highest BCUT2D eigenvalue weighted by atomic mass is 35.5. The van der Waals surface area contributed by atoms with Gasteiger partial charge in [-0.05, 0) is 24.6 Å². The molecule has 0 amide bonds. The molecule has 2 aromatic rings. The molecule has 17 heavy (non-hydrogen) atoms. The van der Waals surface area contributed by atoms with Crippen LogP contribution in [0.3, 0.4) is 0 Å². The first kappa shape index (κ1) is 12.1. The lowest BCUT2D eigenvalue weighted by Crippen LogP contribution is -2.17. The summed E-state index contributed by atoms with van der Waals surface area (Å²) >= 11 is 5.94. The van der Waals surface area contributed by atoms with E-state index in [9.17, 15) is 4.39 Å². The molecule has 90 valence electrons. The Hall–Kier alpha value is -1.39. The highest BCUT2D eigenvalue weighted by Gasteiger charge is 2.07. The van der Waals surface area contributed by atoms with Gasteiger partial charge in [0.1, 0.15) is 5.82 Å². The van der Waals surface area contributed by atoms with Crippen LogP contribution in [0.1, 0.15) is 24.1 Å². The predicted octanol–water partition coefficient (Wildman–Crippen LogP) is 3.05. The van der Waals surface area contributed by atoms with Crippen molar-refractivity contribution in [1.82, 2.24) is 15.5 Å². The highest BCUT2D eigenvalue weighted by Crippen LogP contribution is 2.18. The van der Waals surface area contributed by atoms with Gasteiger partial charge in [0.2, 0.25) is 0 Å². The van der Waals surface area contributed by atoms with Crippen LogP contribution in [0, 0.1) is 5.82 Å². The van der Waals surface area contributed by atoms with E-state index in [1.807, 2.05) is 13.1 Å². The van der Waals surface area contributed by atoms with Crippen molar-refractivity contribution in [2.24, 2.45) is 0 Å². The molecule has 0 radical (unpaired) electrons. The Balaban J connectivity index is 1.98. The molecule has 1 aromatic carbocycles. The lowest BCUT2D eigenvalue weighted by Gasteiger charge is -2.12. The number of H-pyrrole nitrogens is 1. The molecule has 0 aliphatic rings. The molecule has 0 aliphatic heterocycles. The van der Waals surface area contributed by atoms with Crippen LogP contribution < -0.4 is 5.32 Å². The predicted molar refractivity (Wildman–Crippen MR) is 65.3 cm³/mol. The number of benzene rings is 1. The molecule has 5 heteroatoms. The van der Waals surface area contributed by atoms with Gasteiger partial charge in [0, 0.05) is 29.4 Å². The molecule has 1 heterocycles. The molecule has 0 spiro atoms. The van der Waals surface area contributed by atoms with Gasteiger partial charge in [0.05, 0.1) is 6.20 Å². The molecular formula is C12H13ClFN3. The molecule has 0 saturated carbocycles. The van der Waals surface area contributed by atoms with Gasteiger partial charge in [0.25, 0.3) is 0 Å². The SMILES string of the molecule is CC(NCc1ccc(F)cc1Cl)c1cn[nH]c1. The van der Waals surface area contributed by atoms with Crippen LogP contribution >= 0.6 is 11.6 Å². The first-order chi connectivity index (χ1) is 8.16. The van der Waals surface area contributed by atoms with Gasteiger partial charge in [0.15, 0.2) is 0 Å². The highest BCUT2D eigenvalue weighted by molar-refractivity contribution is 6.31. The van der Waals surface area contributed by atoms with E-state index in [0.29, 0.717) is 11.6 Å². The van der Waals surface area contributed by atoms with Gasteiger partial charge < -0.3 is 5.32 Å². The number of nitrogens with one attached hydrogen (secondary N) is 2. The van der Waals surface area contributed by atoms with E-state index in [-0.39, 0.29) is 11.9 Å². The van der Waals surface area contributed by atoms with E-state index in [2.05, 4.69) is 15.5 Å². The minimum atomic E-state index is -0.318. The fourth-order valence-corrected chi connectivity index (χ4v) is 1.78. The Kier molecular flexibility index (Phi) is 3.76. The zero-order chi connectivity index (χ0) is 12.3. The van der Waals surface area contributed by atoms with Gasteiger partial charge in [-0.2, -0.15) is 5.10 Å². The van der Waals surface area contributed by atoms with E-state index in [4.69, 9.17) is 11.6 Å². The molecule has 3 nitrogen and oxygen atoms in total. The number of aromatic nitrogens is 2. The van der Waals surface area contributed by atoms with Crippen LogP contribution in [0.2, 0.25) is 5.02 Å². The second-order valence-corrected chi connectivity index (χ2v) is 4.28. The minimum Gasteiger partial charge on any atom is -0.306 e. The fourth-order valence-electron chi connectivity index (χ4n) is 1.54. The van der Waals surface area contributed by atoms with Crippen molar-refractivity contribution < 1.29 is 4.39 Å². The number of halogens is 2. The maximum absolute atomic E-state index is 12.9. The number of hydrogen-bond acceptors (Lipinski definition) is 2. The van der Waals surface area contributed by atoms with E-state index in [0.717, 1.165) is 11.1 Å². The summed E-state index contributed by atoms with van der Waals surface area (Å²) in [5, 5.41) is 10.4. The third-order valence-electron chi connectivity index (χ3n) is 2.63. The summed E-state index contributed by atoms with van der Waals surface area (Å²) in [5.74, 6) is -0.318. The summed E-state index contributed by atoms with van der Waals surface area (Å²) in [7, 11) is 0. The Bertz CT molecular complexity index is 485. The number of hydrogen-bond donors (Lipinski definition) is 2. The molecule has 2 N–H and O–H groups in total. The van der Waals surface area contributed by atoms with Crippen molar-refractivity contribution >= 4 is 11.6 Å². The van der Waals surface area contributed by atoms with Gasteiger partial charge in [-0.3, -0.25) is 5.10 Å². The van der Waals surface area contributed by atoms with Gasteiger partial charge in [-0.15, -0.1) is 0 Å². The molecule has 0 aliphatic carbocycles. The van der Waals surface area contributed by atoms with Crippen molar-refractivity contribution in [3.05, 3.63) is 52.6 Å². The monoisotopic (exact) mass is 253 g/mol. The van der Waals surface area contributed by atoms with Crippen molar-refractivity contribution in [2.45, 2.75) is 19.5 Å². The van der Waals surface area contributed by atoms with Crippen molar-refractivity contribution in [2.75, 3.05) is 0 Å². The summed E-state index contributed by atoms with van der Waals surface area (Å²) in [5.41, 5.74) is 1.95. The normalized spacial score (nSPS) is 12.6. The Labute approximate surface area is 104 Å². The third-order valence-corrected chi connectivity index (χ3v) is 2.99. The molecule has 0 fully saturated rings. The van der Waals surface area contributed by atoms with Crippen LogP contribution in [0.15, 0.2) is 30.6 Å². The summed E-state index contributed by atoms with van der Waals surface area (Å²) in [6.45, 7) is 2.62. The first-order valence-electron chi connectivity index (χ1n) is 5.33. The van der Waals surface area contributed by atoms with Crippen molar-refractivity contribution in [3.8, 4) is 0 Å². The fraction of sp³-hybridized carbons (Fsp3) is 0.250. The van der Waals surface area contributed by atoms with Crippen LogP contribution in [-0.2, 0) is 6.54 Å². The average molecular weight is 254 g/mol. The lowest BCUT2D eigenvalue weighted by molar-refractivity contribution is 0.573. The molecular weight excluding hydrogens is 241 g/mol. The Morgan fingerprint density at radius 3 is 3.00 bits per heavy atom. The minimum absolute atomic E-state index is 0.162. The zero-order valence-corrected chi connectivity index (χ0v) is 10.1. The summed E-state index contributed by atoms with van der Waals surface area (Å²) in [6, 6.07) is 4.58. The van der Waals surface area contributed by atoms with Crippen LogP contribution in [0.5, 0.6) is 0 Å². The number of aromatic amines is 1. The second-order valence-electron chi connectivity index (χ2n) is 3.87. The summed E-state index contributed by atoms with van der Waals surface area (Å²) in [4.78, 5) is 0. The second kappa shape index (κ2) is 5.29. The van der Waals surface area contributed by atoms with Crippen LogP contribution in [0.25, 0.3) is 0 Å². The van der Waals surface area contributed by atoms with Crippen molar-refractivity contribution in [1.29, 1.82) is 0 Å². The lowest BCUT2D eigenvalue weighted by atomic mass is 10.1. The Morgan fingerprint density at radius 1 is 1.53 bits per heavy atom. The number of rotatable bonds is 4. The summed E-state index contributed by atoms with van der Waals surface area (Å²) < 4.78 is 12.9. The molecule has 0 saturated heterocycles. The molecule has 0 bridgehead atoms. The molecule has 1 unspecified atom stereocenters. The largest absolute Gasteiger partial charge is 0.306 e. The smallest absolute Gasteiger partial charge is 0.124 e. The quantitative estimate of drug-likeness (QED) is 0.879. The first-order valence-corrected chi connectivity index (χ1v) is 5.70.